The molecule has 2 N–H and O–H groups in total. The molecule has 0 unspecified atom stereocenters. The molecular weight excluding hydrogens is 482 g/mol. The summed E-state index contributed by atoms with van der Waals surface area (Å²) in [4.78, 5) is 24.1. The molecule has 0 atom stereocenters. The first-order valence-electron chi connectivity index (χ1n) is 9.30. The first-order valence-corrected chi connectivity index (χ1v) is 10.5. The van der Waals surface area contributed by atoms with Crippen LogP contribution in [0.2, 0.25) is 5.02 Å². The van der Waals surface area contributed by atoms with Crippen molar-refractivity contribution in [3.8, 4) is 5.75 Å². The van der Waals surface area contributed by atoms with E-state index in [1.807, 2.05) is 43.3 Å². The third-order valence-electron chi connectivity index (χ3n) is 4.28. The van der Waals surface area contributed by atoms with E-state index >= 15 is 0 Å². The van der Waals surface area contributed by atoms with E-state index in [-0.39, 0.29) is 6.61 Å². The highest BCUT2D eigenvalue weighted by Gasteiger charge is 2.14. The number of ether oxygens (including phenoxy) is 1. The minimum Gasteiger partial charge on any atom is -0.488 e. The fourth-order valence-corrected chi connectivity index (χ4v) is 3.20. The molecule has 158 valence electrons. The molecule has 6 nitrogen and oxygen atoms in total. The number of nitrogens with zero attached hydrogens (tertiary/aromatic N) is 1. The Bertz CT molecular complexity index is 1130. The lowest BCUT2D eigenvalue weighted by atomic mass is 10.2. The number of benzene rings is 3. The number of rotatable bonds is 6. The zero-order chi connectivity index (χ0) is 22.2. The molecule has 8 heteroatoms. The second-order valence-corrected chi connectivity index (χ2v) is 7.85. The van der Waals surface area contributed by atoms with Crippen molar-refractivity contribution in [2.45, 2.75) is 13.5 Å². The molecule has 0 aliphatic carbocycles. The van der Waals surface area contributed by atoms with Crippen LogP contribution in [0.1, 0.15) is 16.7 Å². The van der Waals surface area contributed by atoms with E-state index in [9.17, 15) is 9.59 Å². The molecule has 0 radical (unpaired) electrons. The quantitative estimate of drug-likeness (QED) is 0.281. The molecule has 0 bridgehead atoms. The van der Waals surface area contributed by atoms with Crippen molar-refractivity contribution in [2.24, 2.45) is 5.10 Å². The van der Waals surface area contributed by atoms with E-state index in [0.717, 1.165) is 15.6 Å². The van der Waals surface area contributed by atoms with E-state index in [1.54, 1.807) is 30.3 Å². The maximum atomic E-state index is 12.1. The second kappa shape index (κ2) is 10.7. The summed E-state index contributed by atoms with van der Waals surface area (Å²) in [6.07, 6.45) is 1.41. The van der Waals surface area contributed by atoms with Gasteiger partial charge in [-0.3, -0.25) is 9.59 Å². The van der Waals surface area contributed by atoms with Gasteiger partial charge in [0.1, 0.15) is 12.4 Å². The van der Waals surface area contributed by atoms with Crippen LogP contribution in [-0.2, 0) is 16.2 Å². The molecule has 31 heavy (non-hydrogen) atoms. The fourth-order valence-electron chi connectivity index (χ4n) is 2.63. The van der Waals surface area contributed by atoms with Crippen molar-refractivity contribution in [1.29, 1.82) is 0 Å². The van der Waals surface area contributed by atoms with Gasteiger partial charge in [-0.1, -0.05) is 63.9 Å². The molecule has 3 aromatic rings. The van der Waals surface area contributed by atoms with Crippen LogP contribution in [-0.4, -0.2) is 18.0 Å². The molecule has 0 saturated carbocycles. The number of nitrogens with one attached hydrogen (secondary N) is 2. The van der Waals surface area contributed by atoms with Crippen molar-refractivity contribution in [3.63, 3.8) is 0 Å². The Labute approximate surface area is 193 Å². The minimum atomic E-state index is -0.881. The maximum absolute atomic E-state index is 12.1. The number of carbonyl (C=O) groups is 2. The van der Waals surface area contributed by atoms with Crippen LogP contribution in [0.15, 0.2) is 76.3 Å². The van der Waals surface area contributed by atoms with E-state index in [2.05, 4.69) is 31.8 Å². The van der Waals surface area contributed by atoms with Gasteiger partial charge in [0.05, 0.1) is 6.21 Å². The van der Waals surface area contributed by atoms with E-state index in [0.29, 0.717) is 22.0 Å². The molecule has 3 rings (SSSR count). The minimum absolute atomic E-state index is 0.271. The molecule has 3 aromatic carbocycles. The summed E-state index contributed by atoms with van der Waals surface area (Å²) in [7, 11) is 0. The summed E-state index contributed by atoms with van der Waals surface area (Å²) in [5, 5.41) is 7.05. The lowest BCUT2D eigenvalue weighted by Crippen LogP contribution is -2.32. The maximum Gasteiger partial charge on any atom is 0.329 e. The summed E-state index contributed by atoms with van der Waals surface area (Å²) in [5.41, 5.74) is 5.09. The smallest absolute Gasteiger partial charge is 0.329 e. The van der Waals surface area contributed by atoms with Gasteiger partial charge in [0, 0.05) is 26.3 Å². The van der Waals surface area contributed by atoms with Crippen LogP contribution in [0.25, 0.3) is 0 Å². The van der Waals surface area contributed by atoms with Crippen molar-refractivity contribution < 1.29 is 14.3 Å². The Morgan fingerprint density at radius 3 is 2.58 bits per heavy atom. The van der Waals surface area contributed by atoms with Crippen LogP contribution in [0, 0.1) is 6.92 Å². The first-order chi connectivity index (χ1) is 14.9. The number of para-hydroxylation sites is 1. The van der Waals surface area contributed by atoms with Gasteiger partial charge < -0.3 is 10.1 Å². The molecule has 0 saturated heterocycles. The summed E-state index contributed by atoms with van der Waals surface area (Å²) >= 11 is 9.57. The average molecular weight is 501 g/mol. The fraction of sp³-hybridized carbons (Fsp3) is 0.0870. The van der Waals surface area contributed by atoms with Crippen LogP contribution in [0.3, 0.4) is 0 Å². The highest BCUT2D eigenvalue weighted by Crippen LogP contribution is 2.24. The van der Waals surface area contributed by atoms with E-state index in [1.165, 1.54) is 6.21 Å². The predicted octanol–water partition coefficient (Wildman–Crippen LogP) is 5.08. The predicted molar refractivity (Wildman–Crippen MR) is 125 cm³/mol. The summed E-state index contributed by atoms with van der Waals surface area (Å²) in [6, 6.07) is 20.0. The Kier molecular flexibility index (Phi) is 7.81. The first kappa shape index (κ1) is 22.5. The lowest BCUT2D eigenvalue weighted by molar-refractivity contribution is -0.136. The molecule has 0 heterocycles. The Morgan fingerprint density at radius 2 is 1.81 bits per heavy atom. The molecule has 0 fully saturated rings. The third-order valence-corrected chi connectivity index (χ3v) is 5.14. The molecule has 2 amide bonds. The van der Waals surface area contributed by atoms with Gasteiger partial charge in [-0.2, -0.15) is 5.10 Å². The number of aryl methyl sites for hydroxylation is 1. The zero-order valence-electron chi connectivity index (χ0n) is 16.6. The number of hydrazone groups is 1. The monoisotopic (exact) mass is 499 g/mol. The topological polar surface area (TPSA) is 79.8 Å². The second-order valence-electron chi connectivity index (χ2n) is 6.53. The number of carbonyl (C=O) groups excluding carboxylic acids is 2. The van der Waals surface area contributed by atoms with Gasteiger partial charge in [0.25, 0.3) is 0 Å². The number of amides is 2. The third kappa shape index (κ3) is 6.41. The summed E-state index contributed by atoms with van der Waals surface area (Å²) in [5.74, 6) is -1.14. The van der Waals surface area contributed by atoms with Gasteiger partial charge in [-0.25, -0.2) is 5.43 Å². The zero-order valence-corrected chi connectivity index (χ0v) is 18.9. The van der Waals surface area contributed by atoms with E-state index < -0.39 is 11.8 Å². The number of anilines is 1. The Hall–Kier alpha value is -3.16. The standard InChI is InChI=1S/C23H19BrClN3O3/c1-15-6-2-5-9-20(15)27-22(29)23(30)28-26-13-17-12-18(24)10-11-21(17)31-14-16-7-3-4-8-19(16)25/h2-13H,14H2,1H3,(H,27,29)(H,28,30)/b26-13-. The molecule has 0 aliphatic rings. The number of hydrogen-bond acceptors (Lipinski definition) is 4. The highest BCUT2D eigenvalue weighted by atomic mass is 79.9. The van der Waals surface area contributed by atoms with E-state index in [4.69, 9.17) is 16.3 Å². The highest BCUT2D eigenvalue weighted by molar-refractivity contribution is 9.10. The SMILES string of the molecule is Cc1ccccc1NC(=O)C(=O)N/N=C\c1cc(Br)ccc1OCc1ccccc1Cl. The van der Waals surface area contributed by atoms with Crippen molar-refractivity contribution in [2.75, 3.05) is 5.32 Å². The van der Waals surface area contributed by atoms with Crippen molar-refractivity contribution in [3.05, 3.63) is 92.9 Å². The van der Waals surface area contributed by atoms with Gasteiger partial charge in [-0.05, 0) is 42.8 Å². The number of halogens is 2. The van der Waals surface area contributed by atoms with Crippen LogP contribution in [0.4, 0.5) is 5.69 Å². The molecular formula is C23H19BrClN3O3. The molecule has 0 aliphatic heterocycles. The lowest BCUT2D eigenvalue weighted by Gasteiger charge is -2.10. The summed E-state index contributed by atoms with van der Waals surface area (Å²) < 4.78 is 6.68. The van der Waals surface area contributed by atoms with Gasteiger partial charge in [0.2, 0.25) is 0 Å². The number of hydrogen-bond donors (Lipinski definition) is 2. The molecule has 0 spiro atoms. The normalized spacial score (nSPS) is 10.7. The van der Waals surface area contributed by atoms with Crippen LogP contribution in [0.5, 0.6) is 5.75 Å². The largest absolute Gasteiger partial charge is 0.488 e. The Balaban J connectivity index is 1.64. The van der Waals surface area contributed by atoms with Gasteiger partial charge in [-0.15, -0.1) is 0 Å². The van der Waals surface area contributed by atoms with Gasteiger partial charge in [0.15, 0.2) is 0 Å². The average Bonchev–Trinajstić information content (AvgIpc) is 2.75. The Morgan fingerprint density at radius 1 is 1.06 bits per heavy atom. The van der Waals surface area contributed by atoms with Crippen molar-refractivity contribution in [1.82, 2.24) is 5.43 Å². The summed E-state index contributed by atoms with van der Waals surface area (Å²) in [6.45, 7) is 2.11. The van der Waals surface area contributed by atoms with Crippen molar-refractivity contribution >= 4 is 51.2 Å². The van der Waals surface area contributed by atoms with Crippen LogP contribution >= 0.6 is 27.5 Å². The van der Waals surface area contributed by atoms with Gasteiger partial charge >= 0.3 is 11.8 Å². The molecule has 0 aromatic heterocycles. The van der Waals surface area contributed by atoms with Crippen LogP contribution < -0.4 is 15.5 Å².